The van der Waals surface area contributed by atoms with Crippen LogP contribution in [0, 0.1) is 5.92 Å². The van der Waals surface area contributed by atoms with Crippen molar-refractivity contribution in [3.05, 3.63) is 72.8 Å². The first kappa shape index (κ1) is 38.5. The largest absolute Gasteiger partial charge is 0.488 e. The number of hydrogen-bond donors (Lipinski definition) is 3. The number of benzene rings is 2. The number of carbonyl (C=O) groups is 4. The van der Waals surface area contributed by atoms with Crippen LogP contribution in [-0.2, 0) is 35.6 Å². The summed E-state index contributed by atoms with van der Waals surface area (Å²) in [6, 6.07) is 16.0. The summed E-state index contributed by atoms with van der Waals surface area (Å²) in [5.74, 6) is -1.91. The number of amides is 4. The first-order chi connectivity index (χ1) is 26.5. The van der Waals surface area contributed by atoms with Crippen LogP contribution in [0.2, 0.25) is 0 Å². The summed E-state index contributed by atoms with van der Waals surface area (Å²) < 4.78 is 34.5. The minimum atomic E-state index is -3.88. The highest BCUT2D eigenvalue weighted by molar-refractivity contribution is 7.91. The summed E-state index contributed by atoms with van der Waals surface area (Å²) in [7, 11) is -3.88. The summed E-state index contributed by atoms with van der Waals surface area (Å²) in [6.45, 7) is 5.88. The van der Waals surface area contributed by atoms with Crippen LogP contribution >= 0.6 is 0 Å². The summed E-state index contributed by atoms with van der Waals surface area (Å²) in [6.07, 6.45) is 8.69. The van der Waals surface area contributed by atoms with Gasteiger partial charge in [-0.15, -0.1) is 6.58 Å². The number of fused-ring (bicyclic) bond motifs is 3. The van der Waals surface area contributed by atoms with Crippen LogP contribution in [-0.4, -0.2) is 77.5 Å². The Morgan fingerprint density at radius 2 is 1.82 bits per heavy atom. The number of nitrogens with one attached hydrogen (secondary N) is 3. The van der Waals surface area contributed by atoms with E-state index in [1.807, 2.05) is 49.4 Å². The first-order valence-corrected chi connectivity index (χ1v) is 21.3. The van der Waals surface area contributed by atoms with E-state index in [4.69, 9.17) is 9.72 Å². The Hall–Kier alpha value is -4.78. The predicted molar refractivity (Wildman–Crippen MR) is 209 cm³/mol. The van der Waals surface area contributed by atoms with Gasteiger partial charge in [0.15, 0.2) is 0 Å². The Balaban J connectivity index is 1.24. The van der Waals surface area contributed by atoms with Crippen LogP contribution < -0.4 is 20.1 Å². The molecule has 7 rings (SSSR count). The SMILES string of the molecule is C=C[C@H]1C[C@]1(NC(=O)[C@@H]1C[C@@H]2CN1C(=O)[C@H](CCCC)NC(=O)CCCCCCc1ccc3nc(-c4ccccc4)cc(c3c1)O2)C(=O)NS(=O)(=O)C1CC1. The molecule has 1 saturated heterocycles. The molecule has 3 N–H and O–H groups in total. The molecule has 2 saturated carbocycles. The third-order valence-electron chi connectivity index (χ3n) is 11.4. The molecule has 12 nitrogen and oxygen atoms in total. The van der Waals surface area contributed by atoms with E-state index in [2.05, 4.69) is 34.1 Å². The molecule has 2 aliphatic heterocycles. The van der Waals surface area contributed by atoms with Crippen molar-refractivity contribution in [3.63, 3.8) is 0 Å². The van der Waals surface area contributed by atoms with Gasteiger partial charge in [0.2, 0.25) is 27.7 Å². The highest BCUT2D eigenvalue weighted by Gasteiger charge is 2.62. The summed E-state index contributed by atoms with van der Waals surface area (Å²) >= 11 is 0. The van der Waals surface area contributed by atoms with Gasteiger partial charge in [-0.1, -0.05) is 75.1 Å². The van der Waals surface area contributed by atoms with Crippen LogP contribution in [0.4, 0.5) is 0 Å². The average molecular weight is 770 g/mol. The number of unbranched alkanes of at least 4 members (excludes halogenated alkanes) is 1. The van der Waals surface area contributed by atoms with Gasteiger partial charge in [-0.05, 0) is 62.6 Å². The fraction of sp³-hybridized carbons (Fsp3) is 0.500. The summed E-state index contributed by atoms with van der Waals surface area (Å²) in [5.41, 5.74) is 2.02. The number of hydrogen-bond acceptors (Lipinski definition) is 8. The third kappa shape index (κ3) is 8.56. The zero-order chi connectivity index (χ0) is 38.7. The molecule has 55 heavy (non-hydrogen) atoms. The molecule has 0 spiro atoms. The fourth-order valence-corrected chi connectivity index (χ4v) is 9.29. The second-order valence-electron chi connectivity index (χ2n) is 15.6. The number of nitrogens with zero attached hydrogens (tertiary/aromatic N) is 2. The smallest absolute Gasteiger partial charge is 0.259 e. The molecular formula is C42H51N5O7S. The van der Waals surface area contributed by atoms with Crippen LogP contribution in [0.15, 0.2) is 67.3 Å². The lowest BCUT2D eigenvalue weighted by molar-refractivity contribution is -0.142. The number of sulfonamides is 1. The van der Waals surface area contributed by atoms with Gasteiger partial charge in [0.05, 0.1) is 23.0 Å². The Morgan fingerprint density at radius 3 is 2.53 bits per heavy atom. The topological polar surface area (TPSA) is 164 Å². The van der Waals surface area contributed by atoms with Crippen molar-refractivity contribution in [2.45, 2.75) is 119 Å². The summed E-state index contributed by atoms with van der Waals surface area (Å²) in [5, 5.41) is 6.05. The van der Waals surface area contributed by atoms with Crippen LogP contribution in [0.25, 0.3) is 22.2 Å². The van der Waals surface area contributed by atoms with E-state index in [9.17, 15) is 27.6 Å². The lowest BCUT2D eigenvalue weighted by Gasteiger charge is -2.30. The number of aryl methyl sites for hydroxylation is 1. The lowest BCUT2D eigenvalue weighted by Crippen LogP contribution is -2.58. The molecule has 1 aromatic heterocycles. The van der Waals surface area contributed by atoms with Crippen molar-refractivity contribution in [2.75, 3.05) is 6.54 Å². The Morgan fingerprint density at radius 1 is 1.05 bits per heavy atom. The van der Waals surface area contributed by atoms with Gasteiger partial charge in [0, 0.05) is 35.8 Å². The maximum atomic E-state index is 14.5. The zero-order valence-corrected chi connectivity index (χ0v) is 32.2. The molecule has 4 amide bonds. The molecule has 3 heterocycles. The van der Waals surface area contributed by atoms with Gasteiger partial charge < -0.3 is 20.3 Å². The van der Waals surface area contributed by atoms with E-state index in [-0.39, 0.29) is 25.3 Å². The van der Waals surface area contributed by atoms with E-state index >= 15 is 0 Å². The minimum Gasteiger partial charge on any atom is -0.488 e. The second-order valence-corrected chi connectivity index (χ2v) is 17.5. The molecule has 5 atom stereocenters. The van der Waals surface area contributed by atoms with Gasteiger partial charge in [-0.2, -0.15) is 0 Å². The second kappa shape index (κ2) is 16.1. The maximum absolute atomic E-state index is 14.5. The van der Waals surface area contributed by atoms with Crippen LogP contribution in [0.1, 0.15) is 89.5 Å². The molecule has 0 unspecified atom stereocenters. The molecule has 3 aromatic rings. The summed E-state index contributed by atoms with van der Waals surface area (Å²) in [4.78, 5) is 62.2. The minimum absolute atomic E-state index is 0.0553. The molecule has 2 aliphatic carbocycles. The van der Waals surface area contributed by atoms with Gasteiger partial charge in [0.1, 0.15) is 29.5 Å². The normalized spacial score (nSPS) is 26.0. The third-order valence-corrected chi connectivity index (χ3v) is 13.2. The molecule has 0 radical (unpaired) electrons. The lowest BCUT2D eigenvalue weighted by atomic mass is 10.0. The number of carbonyl (C=O) groups excluding carboxylic acids is 4. The predicted octanol–water partition coefficient (Wildman–Crippen LogP) is 5.10. The maximum Gasteiger partial charge on any atom is 0.259 e. The highest BCUT2D eigenvalue weighted by atomic mass is 32.2. The number of pyridine rings is 1. The van der Waals surface area contributed by atoms with Crippen molar-refractivity contribution in [3.8, 4) is 17.0 Å². The monoisotopic (exact) mass is 769 g/mol. The van der Waals surface area contributed by atoms with Crippen molar-refractivity contribution in [1.29, 1.82) is 0 Å². The molecule has 2 aromatic carbocycles. The molecule has 4 bridgehead atoms. The quantitative estimate of drug-likeness (QED) is 0.240. The Bertz CT molecular complexity index is 2070. The molecule has 292 valence electrons. The van der Waals surface area contributed by atoms with E-state index in [1.54, 1.807) is 0 Å². The number of aromatic nitrogens is 1. The van der Waals surface area contributed by atoms with Gasteiger partial charge in [-0.3, -0.25) is 23.9 Å². The molecule has 13 heteroatoms. The average Bonchev–Trinajstić information content (AvgIpc) is 4.11. The molecule has 4 aliphatic rings. The van der Waals surface area contributed by atoms with Crippen molar-refractivity contribution in [2.24, 2.45) is 5.92 Å². The van der Waals surface area contributed by atoms with E-state index in [0.29, 0.717) is 44.3 Å². The van der Waals surface area contributed by atoms with Gasteiger partial charge >= 0.3 is 0 Å². The van der Waals surface area contributed by atoms with E-state index in [1.165, 1.54) is 11.0 Å². The Labute approximate surface area is 322 Å². The van der Waals surface area contributed by atoms with E-state index in [0.717, 1.165) is 59.8 Å². The van der Waals surface area contributed by atoms with Crippen molar-refractivity contribution in [1.82, 2.24) is 25.2 Å². The number of ether oxygens (including phenoxy) is 1. The molecule has 3 fully saturated rings. The Kier molecular flexibility index (Phi) is 11.3. The van der Waals surface area contributed by atoms with Crippen LogP contribution in [0.5, 0.6) is 5.75 Å². The van der Waals surface area contributed by atoms with Crippen molar-refractivity contribution < 1.29 is 32.3 Å². The fourth-order valence-electron chi connectivity index (χ4n) is 7.93. The molecular weight excluding hydrogens is 719 g/mol. The number of rotatable bonds is 10. The van der Waals surface area contributed by atoms with E-state index < -0.39 is 62.6 Å². The van der Waals surface area contributed by atoms with Gasteiger partial charge in [0.25, 0.3) is 5.91 Å². The standard InChI is InChI=1S/C42H51N5O7S/c1-3-5-16-34-40(50)47-26-30(23-36(47)39(49)45-42(25-29(42)4-2)41(51)46-55(52,53)31-19-20-31)54-37-24-35(28-14-10-8-11-15-28)43-33-21-18-27(22-32(33)37)13-9-6-7-12-17-38(48)44-34/h4,8,10-11,14-15,18,21-22,24,29-31,34,36H,2-3,5-7,9,12-13,16-17,19-20,23,25-26H2,1H3,(H,44,48)(H,45,49)(H,46,51)/t29-,30+,34-,36-,42+/m0/s1. The van der Waals surface area contributed by atoms with Gasteiger partial charge in [-0.25, -0.2) is 13.4 Å². The zero-order valence-electron chi connectivity index (χ0n) is 31.4. The highest BCUT2D eigenvalue weighted by Crippen LogP contribution is 2.45. The van der Waals surface area contributed by atoms with Crippen LogP contribution in [0.3, 0.4) is 0 Å². The van der Waals surface area contributed by atoms with Crippen molar-refractivity contribution >= 4 is 44.6 Å². The first-order valence-electron chi connectivity index (χ1n) is 19.8.